The van der Waals surface area contributed by atoms with Gasteiger partial charge >= 0.3 is 5.97 Å². The van der Waals surface area contributed by atoms with Crippen LogP contribution < -0.4 is 5.30 Å². The molecule has 6 heteroatoms. The predicted molar refractivity (Wildman–Crippen MR) is 53.0 cm³/mol. The summed E-state index contributed by atoms with van der Waals surface area (Å²) in [6, 6.07) is 8.10. The van der Waals surface area contributed by atoms with E-state index in [1.807, 2.05) is 0 Å². The molecule has 1 unspecified atom stereocenters. The molecule has 0 aliphatic carbocycles. The maximum absolute atomic E-state index is 11.6. The van der Waals surface area contributed by atoms with E-state index in [0.29, 0.717) is 5.30 Å². The maximum Gasteiger partial charge on any atom is 0.303 e. The normalized spacial score (nSPS) is 13.7. The fourth-order valence-corrected chi connectivity index (χ4v) is 2.43. The van der Waals surface area contributed by atoms with Crippen molar-refractivity contribution in [2.75, 3.05) is 6.16 Å². The Balaban J connectivity index is 0.00000196. The number of benzene rings is 1. The Morgan fingerprint density at radius 1 is 1.27 bits per heavy atom. The monoisotopic (exact) mass is 278 g/mol. The summed E-state index contributed by atoms with van der Waals surface area (Å²) >= 11 is 0. The van der Waals surface area contributed by atoms with Crippen molar-refractivity contribution in [3.8, 4) is 0 Å². The largest absolute Gasteiger partial charge is 0.481 e. The summed E-state index contributed by atoms with van der Waals surface area (Å²) in [7, 11) is -3.48. The summed E-state index contributed by atoms with van der Waals surface area (Å²) in [5, 5.41) is 8.70. The van der Waals surface area contributed by atoms with E-state index in [-0.39, 0.29) is 32.1 Å². The average molecular weight is 280 g/mol. The van der Waals surface area contributed by atoms with Gasteiger partial charge in [0, 0.05) is 30.9 Å². The first-order valence-corrected chi connectivity index (χ1v) is 5.96. The van der Waals surface area contributed by atoms with E-state index in [0.717, 1.165) is 0 Å². The molecule has 0 amide bonds. The van der Waals surface area contributed by atoms with Crippen LogP contribution in [0.3, 0.4) is 0 Å². The summed E-state index contributed by atoms with van der Waals surface area (Å²) in [6.45, 7) is 0. The SMILES string of the molecule is O=C(O)CCP(=O)(O)c1ccccc1.[Zn]. The van der Waals surface area contributed by atoms with E-state index in [1.54, 1.807) is 18.2 Å². The predicted octanol–water partition coefficient (Wildman–Crippen LogP) is 1.05. The van der Waals surface area contributed by atoms with Gasteiger partial charge in [-0.1, -0.05) is 18.2 Å². The van der Waals surface area contributed by atoms with Crippen LogP contribution in [-0.4, -0.2) is 22.1 Å². The summed E-state index contributed by atoms with van der Waals surface area (Å²) in [4.78, 5) is 19.8. The van der Waals surface area contributed by atoms with E-state index in [4.69, 9.17) is 5.11 Å². The molecule has 4 nitrogen and oxygen atoms in total. The first-order chi connectivity index (χ1) is 6.52. The van der Waals surface area contributed by atoms with Crippen molar-refractivity contribution in [2.24, 2.45) is 0 Å². The van der Waals surface area contributed by atoms with E-state index < -0.39 is 13.3 Å². The third-order valence-electron chi connectivity index (χ3n) is 1.79. The van der Waals surface area contributed by atoms with Gasteiger partial charge in [0.05, 0.1) is 6.42 Å². The van der Waals surface area contributed by atoms with Crippen LogP contribution in [0.4, 0.5) is 0 Å². The smallest absolute Gasteiger partial charge is 0.303 e. The van der Waals surface area contributed by atoms with Crippen LogP contribution >= 0.6 is 7.37 Å². The molecule has 0 bridgehead atoms. The van der Waals surface area contributed by atoms with E-state index in [2.05, 4.69) is 0 Å². The third kappa shape index (κ3) is 4.70. The quantitative estimate of drug-likeness (QED) is 0.638. The van der Waals surface area contributed by atoms with Crippen LogP contribution in [0.15, 0.2) is 30.3 Å². The molecule has 1 rings (SSSR count). The fraction of sp³-hybridized carbons (Fsp3) is 0.222. The molecule has 0 radical (unpaired) electrons. The van der Waals surface area contributed by atoms with Crippen LogP contribution in [0.5, 0.6) is 0 Å². The summed E-state index contributed by atoms with van der Waals surface area (Å²) in [6.07, 6.45) is -0.505. The average Bonchev–Trinajstić information content (AvgIpc) is 2.16. The standard InChI is InChI=1S/C9H11O4P.Zn/c10-9(11)6-7-14(12,13)8-4-2-1-3-5-8;/h1-5H,6-7H2,(H,10,11)(H,12,13);. The topological polar surface area (TPSA) is 74.6 Å². The van der Waals surface area contributed by atoms with Crippen molar-refractivity contribution in [3.05, 3.63) is 30.3 Å². The number of rotatable bonds is 4. The molecule has 2 N–H and O–H groups in total. The molecule has 0 aliphatic rings. The van der Waals surface area contributed by atoms with Gasteiger partial charge in [-0.3, -0.25) is 9.36 Å². The Morgan fingerprint density at radius 3 is 2.27 bits per heavy atom. The summed E-state index contributed by atoms with van der Waals surface area (Å²) in [5.41, 5.74) is 0. The number of carbonyl (C=O) groups is 1. The Bertz CT molecular complexity index is 366. The second-order valence-corrected chi connectivity index (χ2v) is 5.27. The van der Waals surface area contributed by atoms with Gasteiger partial charge in [0.25, 0.3) is 0 Å². The molecule has 0 aromatic heterocycles. The first-order valence-electron chi connectivity index (χ1n) is 4.11. The van der Waals surface area contributed by atoms with Gasteiger partial charge in [0.15, 0.2) is 0 Å². The number of hydrogen-bond donors (Lipinski definition) is 2. The Morgan fingerprint density at radius 2 is 1.80 bits per heavy atom. The van der Waals surface area contributed by atoms with Gasteiger partial charge in [-0.2, -0.15) is 0 Å². The molecule has 1 aromatic rings. The van der Waals surface area contributed by atoms with E-state index in [1.165, 1.54) is 12.1 Å². The van der Waals surface area contributed by atoms with Crippen LogP contribution in [0.25, 0.3) is 0 Å². The zero-order valence-corrected chi connectivity index (χ0v) is 12.0. The Hall–Kier alpha value is -0.497. The molecular formula is C9H11O4PZn. The number of hydrogen-bond acceptors (Lipinski definition) is 2. The number of carboxylic acids is 1. The van der Waals surface area contributed by atoms with Gasteiger partial charge in [-0.15, -0.1) is 0 Å². The second kappa shape index (κ2) is 6.17. The van der Waals surface area contributed by atoms with Gasteiger partial charge in [0.2, 0.25) is 7.37 Å². The molecule has 0 spiro atoms. The van der Waals surface area contributed by atoms with Crippen LogP contribution in [0, 0.1) is 0 Å². The van der Waals surface area contributed by atoms with Crippen molar-refractivity contribution in [2.45, 2.75) is 6.42 Å². The van der Waals surface area contributed by atoms with E-state index in [9.17, 15) is 14.3 Å². The van der Waals surface area contributed by atoms with Crippen molar-refractivity contribution in [3.63, 3.8) is 0 Å². The maximum atomic E-state index is 11.6. The van der Waals surface area contributed by atoms with Gasteiger partial charge < -0.3 is 10.00 Å². The third-order valence-corrected chi connectivity index (χ3v) is 3.72. The molecule has 78 valence electrons. The number of carboxylic acid groups (broad SMARTS) is 1. The van der Waals surface area contributed by atoms with Crippen LogP contribution in [-0.2, 0) is 28.8 Å². The molecule has 15 heavy (non-hydrogen) atoms. The molecule has 0 saturated heterocycles. The zero-order valence-electron chi connectivity index (χ0n) is 8.17. The minimum absolute atomic E-state index is 0. The van der Waals surface area contributed by atoms with Gasteiger partial charge in [0.1, 0.15) is 0 Å². The minimum Gasteiger partial charge on any atom is -0.481 e. The first kappa shape index (κ1) is 14.5. The van der Waals surface area contributed by atoms with Crippen molar-refractivity contribution >= 4 is 18.6 Å². The van der Waals surface area contributed by atoms with Crippen LogP contribution in [0.1, 0.15) is 6.42 Å². The zero-order chi connectivity index (χ0) is 10.6. The summed E-state index contributed by atoms with van der Waals surface area (Å²) < 4.78 is 11.6. The molecule has 0 fully saturated rings. The molecular weight excluding hydrogens is 268 g/mol. The molecule has 0 heterocycles. The Kier molecular flexibility index (Phi) is 5.96. The van der Waals surface area contributed by atoms with Gasteiger partial charge in [-0.25, -0.2) is 0 Å². The molecule has 1 atom stereocenters. The van der Waals surface area contributed by atoms with Crippen molar-refractivity contribution < 1.29 is 38.8 Å². The fourth-order valence-electron chi connectivity index (χ4n) is 1.04. The molecule has 1 aromatic carbocycles. The molecule has 0 saturated carbocycles. The van der Waals surface area contributed by atoms with Crippen LogP contribution in [0.2, 0.25) is 0 Å². The van der Waals surface area contributed by atoms with Crippen molar-refractivity contribution in [1.29, 1.82) is 0 Å². The van der Waals surface area contributed by atoms with E-state index >= 15 is 0 Å². The summed E-state index contributed by atoms with van der Waals surface area (Å²) in [5.74, 6) is -1.06. The second-order valence-electron chi connectivity index (χ2n) is 2.90. The number of aliphatic carboxylic acids is 1. The Labute approximate surface area is 101 Å². The van der Waals surface area contributed by atoms with Gasteiger partial charge in [-0.05, 0) is 12.1 Å². The molecule has 0 aliphatic heterocycles. The minimum atomic E-state index is -3.48. The van der Waals surface area contributed by atoms with Crippen molar-refractivity contribution in [1.82, 2.24) is 0 Å².